The van der Waals surface area contributed by atoms with Gasteiger partial charge in [0.25, 0.3) is 0 Å². The highest BCUT2D eigenvalue weighted by molar-refractivity contribution is 7.00. The Balaban J connectivity index is 1.06. The van der Waals surface area contributed by atoms with Gasteiger partial charge in [0.05, 0.1) is 28.5 Å². The minimum atomic E-state index is -0.163. The summed E-state index contributed by atoms with van der Waals surface area (Å²) in [5, 5.41) is 4.69. The second-order valence-electron chi connectivity index (χ2n) is 30.4. The smallest absolute Gasteiger partial charge is 0.333 e. The molecule has 0 radical (unpaired) electrons. The predicted octanol–water partition coefficient (Wildman–Crippen LogP) is 16.1. The Hall–Kier alpha value is -8.28. The number of aromatic nitrogens is 1. The van der Waals surface area contributed by atoms with Crippen molar-refractivity contribution in [2.75, 3.05) is 14.7 Å². The average molecular weight is 1120 g/mol. The molecule has 7 heteroatoms. The van der Waals surface area contributed by atoms with Crippen molar-refractivity contribution >= 4 is 119 Å². The first-order valence-electron chi connectivity index (χ1n) is 31.5. The van der Waals surface area contributed by atoms with Gasteiger partial charge in [-0.25, -0.2) is 4.79 Å². The molecule has 0 saturated carbocycles. The lowest BCUT2D eigenvalue weighted by Gasteiger charge is -2.47. The van der Waals surface area contributed by atoms with Gasteiger partial charge >= 0.3 is 6.03 Å². The summed E-state index contributed by atoms with van der Waals surface area (Å²) in [7, 11) is 0. The molecular formula is C79H78B2N4O. The number of carbonyl (C=O) groups excluding carboxylic acids is 1. The summed E-state index contributed by atoms with van der Waals surface area (Å²) >= 11 is 0. The van der Waals surface area contributed by atoms with Crippen LogP contribution in [-0.2, 0) is 25.7 Å². The van der Waals surface area contributed by atoms with E-state index in [0.29, 0.717) is 0 Å². The van der Waals surface area contributed by atoms with Crippen molar-refractivity contribution in [1.29, 1.82) is 0 Å². The number of fused-ring (bicyclic) bond motifs is 10. The van der Waals surface area contributed by atoms with Gasteiger partial charge in [0.15, 0.2) is 0 Å². The fourth-order valence-electron chi connectivity index (χ4n) is 16.1. The summed E-state index contributed by atoms with van der Waals surface area (Å²) in [5.41, 5.74) is 23.9. The molecule has 4 aliphatic heterocycles. The third kappa shape index (κ3) is 8.76. The molecule has 15 rings (SSSR count). The van der Waals surface area contributed by atoms with Crippen LogP contribution in [0.1, 0.15) is 117 Å². The molecule has 10 aromatic rings. The molecule has 5 aliphatic rings. The van der Waals surface area contributed by atoms with Crippen molar-refractivity contribution < 1.29 is 4.79 Å². The maximum absolute atomic E-state index is 17.5. The van der Waals surface area contributed by atoms with Crippen LogP contribution in [0.4, 0.5) is 38.9 Å². The van der Waals surface area contributed by atoms with Gasteiger partial charge in [-0.1, -0.05) is 268 Å². The number of hydrogen-bond donors (Lipinski definition) is 0. The summed E-state index contributed by atoms with van der Waals surface area (Å²) < 4.78 is 2.42. The molecule has 1 aromatic heterocycles. The number of hydrogen-bond acceptors (Lipinski definition) is 2. The number of carbonyl (C=O) groups is 1. The quantitative estimate of drug-likeness (QED) is 0.142. The zero-order chi connectivity index (χ0) is 59.5. The molecule has 0 N–H and O–H groups in total. The molecular weight excluding hydrogens is 1040 g/mol. The highest BCUT2D eigenvalue weighted by atomic mass is 16.2. The lowest BCUT2D eigenvalue weighted by atomic mass is 9.32. The van der Waals surface area contributed by atoms with Crippen LogP contribution in [0.2, 0.25) is 0 Å². The van der Waals surface area contributed by atoms with E-state index in [-0.39, 0.29) is 53.1 Å². The molecule has 0 saturated heterocycles. The number of anilines is 6. The Bertz CT molecular complexity index is 4420. The van der Waals surface area contributed by atoms with E-state index in [1.807, 2.05) is 0 Å². The summed E-state index contributed by atoms with van der Waals surface area (Å²) in [6.07, 6.45) is 12.8. The van der Waals surface area contributed by atoms with Crippen LogP contribution in [0.5, 0.6) is 0 Å². The standard InChI is InChI=1S/C79H78B2N4O/c1-76(2,3)45-50-23-21-24-51(46-77(4,5)6)71(50)80-60-41-37-54(82-64-31-17-13-27-56(64)57-28-14-18-32-65(57)82)43-68(60)84-73-62(80)39-35-49-36-40-63-74(70(49)73)85(75(84)86)69-44-55(83-66-33-19-15-29-58(66)59-30-16-20-34-67(59)83)38-42-61(69)81(63)72-52(47-78(7,8)9)25-22-26-53(72)48-79(10,11)12/h13-44,56,64H,45-48H2,1-12H3. The van der Waals surface area contributed by atoms with E-state index >= 15 is 4.79 Å². The number of rotatable bonds is 8. The van der Waals surface area contributed by atoms with Crippen LogP contribution in [0.15, 0.2) is 194 Å². The summed E-state index contributed by atoms with van der Waals surface area (Å²) in [6, 6.07) is 64.5. The second kappa shape index (κ2) is 19.4. The highest BCUT2D eigenvalue weighted by Crippen LogP contribution is 2.52. The topological polar surface area (TPSA) is 31.7 Å². The van der Waals surface area contributed by atoms with Gasteiger partial charge < -0.3 is 9.47 Å². The van der Waals surface area contributed by atoms with Gasteiger partial charge in [-0.05, 0) is 123 Å². The van der Waals surface area contributed by atoms with Gasteiger partial charge in [0.2, 0.25) is 13.4 Å². The van der Waals surface area contributed by atoms with Gasteiger partial charge in [0.1, 0.15) is 0 Å². The van der Waals surface area contributed by atoms with E-state index in [1.165, 1.54) is 66.1 Å². The van der Waals surface area contributed by atoms with Crippen molar-refractivity contribution in [3.63, 3.8) is 0 Å². The molecule has 5 nitrogen and oxygen atoms in total. The van der Waals surface area contributed by atoms with Crippen molar-refractivity contribution in [2.45, 2.75) is 121 Å². The van der Waals surface area contributed by atoms with Crippen molar-refractivity contribution in [3.05, 3.63) is 222 Å². The second-order valence-corrected chi connectivity index (χ2v) is 30.4. The van der Waals surface area contributed by atoms with Crippen LogP contribution >= 0.6 is 0 Å². The minimum absolute atomic E-state index is 0.0185. The number of allylic oxidation sites excluding steroid dienone is 2. The molecule has 5 heterocycles. The molecule has 0 fully saturated rings. The maximum atomic E-state index is 17.5. The number of benzene rings is 9. The van der Waals surface area contributed by atoms with Gasteiger partial charge in [0, 0.05) is 50.5 Å². The van der Waals surface area contributed by atoms with Crippen LogP contribution in [0, 0.1) is 21.7 Å². The van der Waals surface area contributed by atoms with Crippen LogP contribution in [0.3, 0.4) is 0 Å². The third-order valence-corrected chi connectivity index (χ3v) is 18.9. The lowest BCUT2D eigenvalue weighted by molar-refractivity contribution is 0.255. The summed E-state index contributed by atoms with van der Waals surface area (Å²) in [4.78, 5) is 24.4. The lowest BCUT2D eigenvalue weighted by Crippen LogP contribution is -2.65. The van der Waals surface area contributed by atoms with Crippen molar-refractivity contribution in [2.24, 2.45) is 21.7 Å². The minimum Gasteiger partial charge on any atom is -0.333 e. The summed E-state index contributed by atoms with van der Waals surface area (Å²) in [6.45, 7) is 28.2. The Morgan fingerprint density at radius 3 is 1.35 bits per heavy atom. The predicted molar refractivity (Wildman–Crippen MR) is 369 cm³/mol. The SMILES string of the molecule is CC(C)(C)Cc1cccc(CC(C)(C)C)c1B1c2ccc(N3c4ccccc4C4C=CC=CC43)cc2N2C(=O)N3c4cc(-n5c6ccccc6c6ccccc65)ccc4B(c4c(CC(C)(C)C)cccc4CC(C)(C)C)c4ccc5ccc1c2c5c43. The average Bonchev–Trinajstić information content (AvgIpc) is 0.848. The zero-order valence-electron chi connectivity index (χ0n) is 52.3. The van der Waals surface area contributed by atoms with E-state index in [2.05, 4.69) is 297 Å². The van der Waals surface area contributed by atoms with Gasteiger partial charge in [-0.3, -0.25) is 9.80 Å². The molecule has 2 unspecified atom stereocenters. The first-order chi connectivity index (χ1) is 41.1. The maximum Gasteiger partial charge on any atom is 0.338 e. The first kappa shape index (κ1) is 54.4. The number of urea groups is 1. The van der Waals surface area contributed by atoms with E-state index < -0.39 is 0 Å². The Morgan fingerprint density at radius 2 is 0.849 bits per heavy atom. The largest absolute Gasteiger partial charge is 0.338 e. The van der Waals surface area contributed by atoms with Crippen LogP contribution in [-0.4, -0.2) is 30.1 Å². The van der Waals surface area contributed by atoms with Gasteiger partial charge in [-0.15, -0.1) is 0 Å². The monoisotopic (exact) mass is 1120 g/mol. The molecule has 1 aliphatic carbocycles. The third-order valence-electron chi connectivity index (χ3n) is 18.9. The van der Waals surface area contributed by atoms with E-state index in [0.717, 1.165) is 92.5 Å². The normalized spacial score (nSPS) is 16.8. The molecule has 2 atom stereocenters. The Morgan fingerprint density at radius 1 is 0.419 bits per heavy atom. The van der Waals surface area contributed by atoms with E-state index in [9.17, 15) is 0 Å². The number of para-hydroxylation sites is 3. The molecule has 2 amide bonds. The van der Waals surface area contributed by atoms with E-state index in [4.69, 9.17) is 0 Å². The van der Waals surface area contributed by atoms with Gasteiger partial charge in [-0.2, -0.15) is 0 Å². The van der Waals surface area contributed by atoms with Crippen LogP contribution in [0.25, 0.3) is 38.3 Å². The zero-order valence-corrected chi connectivity index (χ0v) is 52.3. The molecule has 426 valence electrons. The Labute approximate surface area is 510 Å². The van der Waals surface area contributed by atoms with Crippen LogP contribution < -0.4 is 47.5 Å². The molecule has 86 heavy (non-hydrogen) atoms. The summed E-state index contributed by atoms with van der Waals surface area (Å²) in [5.74, 6) is 0.213. The molecule has 0 spiro atoms. The fourth-order valence-corrected chi connectivity index (χ4v) is 16.1. The molecule has 0 bridgehead atoms. The highest BCUT2D eigenvalue weighted by Gasteiger charge is 2.50. The fraction of sp³-hybridized carbons (Fsp3) is 0.278. The van der Waals surface area contributed by atoms with Crippen molar-refractivity contribution in [3.8, 4) is 5.69 Å². The van der Waals surface area contributed by atoms with E-state index in [1.54, 1.807) is 0 Å². The number of amides is 2. The first-order valence-corrected chi connectivity index (χ1v) is 31.5. The molecule has 9 aromatic carbocycles. The Kier molecular flexibility index (Phi) is 12.2. The number of nitrogens with zero attached hydrogens (tertiary/aromatic N) is 4. The van der Waals surface area contributed by atoms with Crippen molar-refractivity contribution in [1.82, 2.24) is 4.57 Å².